The third kappa shape index (κ3) is 4.87. The number of halogens is 2. The topological polar surface area (TPSA) is 81.1 Å². The second-order valence-electron chi connectivity index (χ2n) is 8.02. The summed E-state index contributed by atoms with van der Waals surface area (Å²) in [5, 5.41) is 11.5. The van der Waals surface area contributed by atoms with Crippen LogP contribution in [0.5, 0.6) is 5.75 Å². The molecule has 0 spiro atoms. The van der Waals surface area contributed by atoms with Crippen LogP contribution in [0.1, 0.15) is 24.1 Å². The monoisotopic (exact) mass is 505 g/mol. The molecule has 9 heteroatoms. The van der Waals surface area contributed by atoms with E-state index in [2.05, 4.69) is 20.7 Å². The number of rotatable bonds is 6. The molecule has 1 atom stereocenters. The second kappa shape index (κ2) is 9.82. The molecule has 0 saturated carbocycles. The standard InChI is InChI=1S/C26H21Cl2N5O2/c1-16-23(25(34)32-19-7-3-2-4-8-19)24(33-26(31-16)29-15-30-33)18-6-5-9-20(13-18)35-14-17-10-11-21(27)22(28)12-17/h2-13,15,24H,14H2,1H3,(H,32,34)(H,29,30,31)/t24-/m1/s1. The molecule has 3 aromatic carbocycles. The lowest BCUT2D eigenvalue weighted by Crippen LogP contribution is -2.31. The third-order valence-electron chi connectivity index (χ3n) is 5.63. The van der Waals surface area contributed by atoms with Crippen molar-refractivity contribution in [3.8, 4) is 5.75 Å². The maximum absolute atomic E-state index is 13.4. The maximum Gasteiger partial charge on any atom is 0.255 e. The number of anilines is 2. The summed E-state index contributed by atoms with van der Waals surface area (Å²) in [5.41, 5.74) is 3.67. The number of benzene rings is 3. The van der Waals surface area contributed by atoms with E-state index in [0.29, 0.717) is 45.3 Å². The fourth-order valence-corrected chi connectivity index (χ4v) is 4.30. The van der Waals surface area contributed by atoms with Gasteiger partial charge in [-0.3, -0.25) is 4.79 Å². The number of nitrogens with one attached hydrogen (secondary N) is 2. The van der Waals surface area contributed by atoms with Gasteiger partial charge in [-0.05, 0) is 54.4 Å². The zero-order valence-corrected chi connectivity index (χ0v) is 20.2. The Labute approximate surface area is 212 Å². The average molecular weight is 506 g/mol. The average Bonchev–Trinajstić information content (AvgIpc) is 3.32. The second-order valence-corrected chi connectivity index (χ2v) is 8.84. The summed E-state index contributed by atoms with van der Waals surface area (Å²) in [5.74, 6) is 0.981. The summed E-state index contributed by atoms with van der Waals surface area (Å²) < 4.78 is 7.73. The molecule has 0 aliphatic carbocycles. The number of para-hydroxylation sites is 1. The van der Waals surface area contributed by atoms with Crippen LogP contribution in [-0.2, 0) is 11.4 Å². The summed E-state index contributed by atoms with van der Waals surface area (Å²) in [7, 11) is 0. The lowest BCUT2D eigenvalue weighted by molar-refractivity contribution is -0.113. The molecule has 1 aliphatic heterocycles. The van der Waals surface area contributed by atoms with Gasteiger partial charge in [-0.25, -0.2) is 4.68 Å². The van der Waals surface area contributed by atoms with E-state index in [1.165, 1.54) is 6.33 Å². The quantitative estimate of drug-likeness (QED) is 0.331. The van der Waals surface area contributed by atoms with Crippen molar-refractivity contribution >= 4 is 40.7 Å². The largest absolute Gasteiger partial charge is 0.489 e. The first kappa shape index (κ1) is 23.0. The highest BCUT2D eigenvalue weighted by Crippen LogP contribution is 2.36. The molecule has 4 aromatic rings. The highest BCUT2D eigenvalue weighted by atomic mass is 35.5. The number of carbonyl (C=O) groups is 1. The van der Waals surface area contributed by atoms with Gasteiger partial charge < -0.3 is 15.4 Å². The lowest BCUT2D eigenvalue weighted by Gasteiger charge is -2.29. The van der Waals surface area contributed by atoms with Crippen LogP contribution in [0.3, 0.4) is 0 Å². The minimum atomic E-state index is -0.494. The number of aromatic nitrogens is 3. The molecule has 35 heavy (non-hydrogen) atoms. The molecule has 1 aliphatic rings. The van der Waals surface area contributed by atoms with Crippen LogP contribution in [0.15, 0.2) is 90.4 Å². The van der Waals surface area contributed by atoms with Crippen molar-refractivity contribution in [2.45, 2.75) is 19.6 Å². The lowest BCUT2D eigenvalue weighted by atomic mass is 9.95. The molecule has 1 aromatic heterocycles. The third-order valence-corrected chi connectivity index (χ3v) is 6.37. The van der Waals surface area contributed by atoms with Gasteiger partial charge in [0.05, 0.1) is 15.6 Å². The highest BCUT2D eigenvalue weighted by molar-refractivity contribution is 6.42. The van der Waals surface area contributed by atoms with Gasteiger partial charge in [-0.1, -0.05) is 59.6 Å². The highest BCUT2D eigenvalue weighted by Gasteiger charge is 2.33. The molecule has 0 unspecified atom stereocenters. The number of carbonyl (C=O) groups excluding carboxylic acids is 1. The predicted molar refractivity (Wildman–Crippen MR) is 137 cm³/mol. The van der Waals surface area contributed by atoms with Crippen LogP contribution in [0.25, 0.3) is 0 Å². The predicted octanol–water partition coefficient (Wildman–Crippen LogP) is 6.09. The van der Waals surface area contributed by atoms with E-state index >= 15 is 0 Å². The molecular formula is C26H21Cl2N5O2. The molecule has 1 amide bonds. The Morgan fingerprint density at radius 3 is 2.69 bits per heavy atom. The van der Waals surface area contributed by atoms with Crippen LogP contribution in [-0.4, -0.2) is 20.7 Å². The van der Waals surface area contributed by atoms with Gasteiger partial charge >= 0.3 is 0 Å². The molecule has 2 N–H and O–H groups in total. The number of allylic oxidation sites excluding steroid dienone is 1. The smallest absolute Gasteiger partial charge is 0.255 e. The van der Waals surface area contributed by atoms with E-state index in [4.69, 9.17) is 27.9 Å². The van der Waals surface area contributed by atoms with Gasteiger partial charge in [0.2, 0.25) is 5.95 Å². The molecule has 0 radical (unpaired) electrons. The molecule has 0 fully saturated rings. The first-order valence-electron chi connectivity index (χ1n) is 10.9. The number of nitrogens with zero attached hydrogens (tertiary/aromatic N) is 3. The van der Waals surface area contributed by atoms with Gasteiger partial charge in [0, 0.05) is 11.4 Å². The Hall–Kier alpha value is -3.81. The summed E-state index contributed by atoms with van der Waals surface area (Å²) in [6.45, 7) is 2.17. The van der Waals surface area contributed by atoms with Crippen LogP contribution in [0, 0.1) is 0 Å². The van der Waals surface area contributed by atoms with Gasteiger partial charge in [0.25, 0.3) is 5.91 Å². The maximum atomic E-state index is 13.4. The van der Waals surface area contributed by atoms with Crippen molar-refractivity contribution < 1.29 is 9.53 Å². The van der Waals surface area contributed by atoms with Crippen molar-refractivity contribution in [3.05, 3.63) is 112 Å². The van der Waals surface area contributed by atoms with Gasteiger partial charge in [0.1, 0.15) is 24.7 Å². The van der Waals surface area contributed by atoms with E-state index in [-0.39, 0.29) is 5.91 Å². The molecule has 5 rings (SSSR count). The summed E-state index contributed by atoms with van der Waals surface area (Å²) in [6, 6.07) is 21.8. The van der Waals surface area contributed by atoms with Gasteiger partial charge in [-0.15, -0.1) is 0 Å². The van der Waals surface area contributed by atoms with Crippen LogP contribution >= 0.6 is 23.2 Å². The summed E-state index contributed by atoms with van der Waals surface area (Å²) in [6.07, 6.45) is 1.46. The Balaban J connectivity index is 1.45. The number of hydrogen-bond donors (Lipinski definition) is 2. The molecule has 176 valence electrons. The van der Waals surface area contributed by atoms with E-state index in [9.17, 15) is 4.79 Å². The SMILES string of the molecule is CC1=C(C(=O)Nc2ccccc2)[C@@H](c2cccc(OCc3ccc(Cl)c(Cl)c3)c2)n2ncnc2N1. The van der Waals surface area contributed by atoms with Gasteiger partial charge in [0.15, 0.2) is 0 Å². The fourth-order valence-electron chi connectivity index (χ4n) is 3.98. The zero-order valence-electron chi connectivity index (χ0n) is 18.7. The molecule has 2 heterocycles. The fraction of sp³-hybridized carbons (Fsp3) is 0.115. The molecule has 0 bridgehead atoms. The van der Waals surface area contributed by atoms with Gasteiger partial charge in [-0.2, -0.15) is 10.1 Å². The zero-order chi connectivity index (χ0) is 24.4. The molecular weight excluding hydrogens is 485 g/mol. The minimum absolute atomic E-state index is 0.227. The number of ether oxygens (including phenoxy) is 1. The van der Waals surface area contributed by atoms with Crippen molar-refractivity contribution in [2.24, 2.45) is 0 Å². The summed E-state index contributed by atoms with van der Waals surface area (Å²) >= 11 is 12.1. The number of hydrogen-bond acceptors (Lipinski definition) is 5. The number of fused-ring (bicyclic) bond motifs is 1. The number of amides is 1. The molecule has 0 saturated heterocycles. The Morgan fingerprint density at radius 1 is 1.06 bits per heavy atom. The van der Waals surface area contributed by atoms with Crippen LogP contribution < -0.4 is 15.4 Å². The Bertz CT molecular complexity index is 1420. The minimum Gasteiger partial charge on any atom is -0.489 e. The van der Waals surface area contributed by atoms with E-state index in [1.807, 2.05) is 67.6 Å². The van der Waals surface area contributed by atoms with Crippen molar-refractivity contribution in [3.63, 3.8) is 0 Å². The van der Waals surface area contributed by atoms with E-state index < -0.39 is 6.04 Å². The van der Waals surface area contributed by atoms with Crippen molar-refractivity contribution in [1.29, 1.82) is 0 Å². The van der Waals surface area contributed by atoms with Crippen LogP contribution in [0.4, 0.5) is 11.6 Å². The van der Waals surface area contributed by atoms with E-state index in [1.54, 1.807) is 16.8 Å². The van der Waals surface area contributed by atoms with Crippen molar-refractivity contribution in [1.82, 2.24) is 14.8 Å². The Kier molecular flexibility index (Phi) is 6.44. The Morgan fingerprint density at radius 2 is 1.89 bits per heavy atom. The molecule has 7 nitrogen and oxygen atoms in total. The van der Waals surface area contributed by atoms with E-state index in [0.717, 1.165) is 11.1 Å². The first-order chi connectivity index (χ1) is 17.0. The first-order valence-corrected chi connectivity index (χ1v) is 11.7. The van der Waals surface area contributed by atoms with Crippen molar-refractivity contribution in [2.75, 3.05) is 10.6 Å². The van der Waals surface area contributed by atoms with Crippen LogP contribution in [0.2, 0.25) is 10.0 Å². The summed E-state index contributed by atoms with van der Waals surface area (Å²) in [4.78, 5) is 17.7. The normalized spacial score (nSPS) is 14.8.